The van der Waals surface area contributed by atoms with Gasteiger partial charge in [0.05, 0.1) is 5.69 Å². The van der Waals surface area contributed by atoms with Crippen molar-refractivity contribution in [2.45, 2.75) is 33.3 Å². The van der Waals surface area contributed by atoms with Gasteiger partial charge in [-0.1, -0.05) is 43.7 Å². The van der Waals surface area contributed by atoms with Gasteiger partial charge in [0.2, 0.25) is 5.43 Å². The zero-order valence-electron chi connectivity index (χ0n) is 12.3. The maximum absolute atomic E-state index is 12.2. The summed E-state index contributed by atoms with van der Waals surface area (Å²) in [4.78, 5) is 12.2. The van der Waals surface area contributed by atoms with Gasteiger partial charge in [-0.2, -0.15) is 0 Å². The van der Waals surface area contributed by atoms with Crippen molar-refractivity contribution in [1.29, 1.82) is 0 Å². The Hall–Kier alpha value is -2.03. The number of aromatic nitrogens is 1. The molecular formula is C17H21NO2. The zero-order valence-corrected chi connectivity index (χ0v) is 12.3. The van der Waals surface area contributed by atoms with Gasteiger partial charge >= 0.3 is 0 Å². The van der Waals surface area contributed by atoms with E-state index in [0.717, 1.165) is 29.8 Å². The van der Waals surface area contributed by atoms with Gasteiger partial charge in [-0.05, 0) is 18.9 Å². The summed E-state index contributed by atoms with van der Waals surface area (Å²) < 4.78 is 7.86. The maximum Gasteiger partial charge on any atom is 0.223 e. The number of nitrogens with zero attached hydrogens (tertiary/aromatic N) is 1. The zero-order chi connectivity index (χ0) is 14.5. The van der Waals surface area contributed by atoms with Crippen LogP contribution in [-0.4, -0.2) is 4.57 Å². The molecule has 20 heavy (non-hydrogen) atoms. The van der Waals surface area contributed by atoms with Gasteiger partial charge in [0.1, 0.15) is 6.61 Å². The van der Waals surface area contributed by atoms with Crippen molar-refractivity contribution in [1.82, 2.24) is 4.57 Å². The molecule has 2 aromatic rings. The molecule has 0 N–H and O–H groups in total. The summed E-state index contributed by atoms with van der Waals surface area (Å²) in [6.07, 6.45) is 1.83. The predicted molar refractivity (Wildman–Crippen MR) is 81.2 cm³/mol. The Morgan fingerprint density at radius 1 is 1.20 bits per heavy atom. The minimum absolute atomic E-state index is 0.0278. The molecule has 0 fully saturated rings. The first-order valence-electron chi connectivity index (χ1n) is 6.99. The molecule has 0 saturated heterocycles. The minimum atomic E-state index is -0.0278. The highest BCUT2D eigenvalue weighted by atomic mass is 16.5. The van der Waals surface area contributed by atoms with Crippen LogP contribution in [0.4, 0.5) is 0 Å². The van der Waals surface area contributed by atoms with Crippen LogP contribution in [0.3, 0.4) is 0 Å². The fourth-order valence-electron chi connectivity index (χ4n) is 2.26. The van der Waals surface area contributed by atoms with E-state index in [9.17, 15) is 4.79 Å². The van der Waals surface area contributed by atoms with E-state index in [1.165, 1.54) is 0 Å². The van der Waals surface area contributed by atoms with Crippen molar-refractivity contribution in [2.75, 3.05) is 0 Å². The van der Waals surface area contributed by atoms with Crippen LogP contribution >= 0.6 is 0 Å². The molecule has 3 heteroatoms. The summed E-state index contributed by atoms with van der Waals surface area (Å²) in [6.45, 7) is 4.48. The number of rotatable bonds is 5. The lowest BCUT2D eigenvalue weighted by Crippen LogP contribution is -2.17. The molecule has 0 bridgehead atoms. The maximum atomic E-state index is 12.2. The second kappa shape index (κ2) is 6.42. The standard InChI is InChI=1S/C17H21NO2/c1-4-8-15-17(16(19)11-13(2)18(15)3)20-12-14-9-6-5-7-10-14/h5-7,9-11H,4,8,12H2,1-3H3. The Morgan fingerprint density at radius 2 is 1.90 bits per heavy atom. The molecule has 1 aromatic carbocycles. The van der Waals surface area contributed by atoms with Crippen molar-refractivity contribution in [3.8, 4) is 5.75 Å². The summed E-state index contributed by atoms with van der Waals surface area (Å²) in [6, 6.07) is 11.5. The van der Waals surface area contributed by atoms with E-state index in [4.69, 9.17) is 4.74 Å². The van der Waals surface area contributed by atoms with Gasteiger partial charge in [-0.15, -0.1) is 0 Å². The Labute approximate surface area is 119 Å². The van der Waals surface area contributed by atoms with Crippen molar-refractivity contribution in [3.05, 3.63) is 63.6 Å². The summed E-state index contributed by atoms with van der Waals surface area (Å²) in [5.74, 6) is 0.490. The molecule has 0 spiro atoms. The monoisotopic (exact) mass is 271 g/mol. The fourth-order valence-corrected chi connectivity index (χ4v) is 2.26. The summed E-state index contributed by atoms with van der Waals surface area (Å²) in [5, 5.41) is 0. The summed E-state index contributed by atoms with van der Waals surface area (Å²) in [5.41, 5.74) is 2.98. The van der Waals surface area contributed by atoms with Crippen LogP contribution in [0.1, 0.15) is 30.3 Å². The van der Waals surface area contributed by atoms with E-state index < -0.39 is 0 Å². The number of ether oxygens (including phenoxy) is 1. The lowest BCUT2D eigenvalue weighted by molar-refractivity contribution is 0.295. The minimum Gasteiger partial charge on any atom is -0.483 e. The highest BCUT2D eigenvalue weighted by molar-refractivity contribution is 5.31. The Bertz CT molecular complexity index is 629. The van der Waals surface area contributed by atoms with Crippen LogP contribution in [-0.2, 0) is 20.1 Å². The molecular weight excluding hydrogens is 250 g/mol. The first kappa shape index (κ1) is 14.4. The van der Waals surface area contributed by atoms with Crippen LogP contribution in [0.5, 0.6) is 5.75 Å². The molecule has 0 saturated carbocycles. The van der Waals surface area contributed by atoms with E-state index in [-0.39, 0.29) is 5.43 Å². The second-order valence-corrected chi connectivity index (χ2v) is 5.01. The third-order valence-corrected chi connectivity index (χ3v) is 3.47. The number of hydrogen-bond donors (Lipinski definition) is 0. The molecule has 3 nitrogen and oxygen atoms in total. The molecule has 1 aromatic heterocycles. The normalized spacial score (nSPS) is 10.6. The van der Waals surface area contributed by atoms with Gasteiger partial charge < -0.3 is 9.30 Å². The van der Waals surface area contributed by atoms with Gasteiger partial charge in [0, 0.05) is 18.8 Å². The molecule has 0 radical (unpaired) electrons. The lowest BCUT2D eigenvalue weighted by Gasteiger charge is -2.16. The number of hydrogen-bond acceptors (Lipinski definition) is 2. The molecule has 0 amide bonds. The van der Waals surface area contributed by atoms with Gasteiger partial charge in [0.25, 0.3) is 0 Å². The fraction of sp³-hybridized carbons (Fsp3) is 0.353. The second-order valence-electron chi connectivity index (χ2n) is 5.01. The molecule has 0 atom stereocenters. The third-order valence-electron chi connectivity index (χ3n) is 3.47. The van der Waals surface area contributed by atoms with Crippen molar-refractivity contribution in [3.63, 3.8) is 0 Å². The smallest absolute Gasteiger partial charge is 0.223 e. The molecule has 2 rings (SSSR count). The molecule has 0 unspecified atom stereocenters. The largest absolute Gasteiger partial charge is 0.483 e. The first-order chi connectivity index (χ1) is 9.63. The molecule has 106 valence electrons. The van der Waals surface area contributed by atoms with Crippen LogP contribution in [0, 0.1) is 6.92 Å². The quantitative estimate of drug-likeness (QED) is 0.836. The molecule has 0 aliphatic carbocycles. The third kappa shape index (κ3) is 3.10. The van der Waals surface area contributed by atoms with Crippen molar-refractivity contribution in [2.24, 2.45) is 7.05 Å². The topological polar surface area (TPSA) is 31.2 Å². The highest BCUT2D eigenvalue weighted by Gasteiger charge is 2.12. The van der Waals surface area contributed by atoms with E-state index >= 15 is 0 Å². The van der Waals surface area contributed by atoms with Gasteiger partial charge in [0.15, 0.2) is 5.75 Å². The Morgan fingerprint density at radius 3 is 2.55 bits per heavy atom. The lowest BCUT2D eigenvalue weighted by atomic mass is 10.1. The predicted octanol–water partition coefficient (Wildman–Crippen LogP) is 3.23. The number of benzene rings is 1. The van der Waals surface area contributed by atoms with E-state index in [2.05, 4.69) is 6.92 Å². The summed E-state index contributed by atoms with van der Waals surface area (Å²) in [7, 11) is 1.98. The van der Waals surface area contributed by atoms with E-state index in [1.807, 2.05) is 48.9 Å². The first-order valence-corrected chi connectivity index (χ1v) is 6.99. The SMILES string of the molecule is CCCc1c(OCc2ccccc2)c(=O)cc(C)n1C. The van der Waals surface area contributed by atoms with Crippen LogP contribution in [0.2, 0.25) is 0 Å². The van der Waals surface area contributed by atoms with Gasteiger partial charge in [-0.3, -0.25) is 4.79 Å². The van der Waals surface area contributed by atoms with E-state index in [0.29, 0.717) is 12.4 Å². The van der Waals surface area contributed by atoms with E-state index in [1.54, 1.807) is 6.07 Å². The molecule has 0 aliphatic rings. The summed E-state index contributed by atoms with van der Waals surface area (Å²) >= 11 is 0. The van der Waals surface area contributed by atoms with Crippen LogP contribution < -0.4 is 10.2 Å². The van der Waals surface area contributed by atoms with Crippen LogP contribution in [0.15, 0.2) is 41.2 Å². The van der Waals surface area contributed by atoms with Crippen LogP contribution in [0.25, 0.3) is 0 Å². The Balaban J connectivity index is 2.31. The highest BCUT2D eigenvalue weighted by Crippen LogP contribution is 2.18. The Kier molecular flexibility index (Phi) is 4.61. The average molecular weight is 271 g/mol. The molecule has 1 heterocycles. The van der Waals surface area contributed by atoms with Crippen molar-refractivity contribution < 1.29 is 4.74 Å². The number of aryl methyl sites for hydroxylation is 1. The molecule has 0 aliphatic heterocycles. The van der Waals surface area contributed by atoms with Crippen molar-refractivity contribution >= 4 is 0 Å². The van der Waals surface area contributed by atoms with Gasteiger partial charge in [-0.25, -0.2) is 0 Å². The average Bonchev–Trinajstić information content (AvgIpc) is 2.45. The number of pyridine rings is 1.